The van der Waals surface area contributed by atoms with Crippen LogP contribution in [-0.4, -0.2) is 42.4 Å². The Labute approximate surface area is 286 Å². The number of ether oxygens (including phenoxy) is 4. The minimum absolute atomic E-state index is 0.203. The molecule has 10 heteroatoms. The largest absolute Gasteiger partial charge is 0.587 e. The van der Waals surface area contributed by atoms with E-state index >= 15 is 0 Å². The van der Waals surface area contributed by atoms with Crippen LogP contribution in [0.15, 0.2) is 152 Å². The Morgan fingerprint density at radius 3 is 1.31 bits per heavy atom. The molecule has 9 nitrogen and oxygen atoms in total. The van der Waals surface area contributed by atoms with Gasteiger partial charge in [-0.1, -0.05) is 127 Å². The third kappa shape index (κ3) is 10.1. The van der Waals surface area contributed by atoms with Gasteiger partial charge in [0.05, 0.1) is 26.4 Å². The molecule has 0 bridgehead atoms. The molecular formula is C39H39O9P. The van der Waals surface area contributed by atoms with Crippen LogP contribution in [-0.2, 0) is 47.9 Å². The minimum Gasteiger partial charge on any atom is -0.395 e. The normalized spacial score (nSPS) is 20.8. The summed E-state index contributed by atoms with van der Waals surface area (Å²) in [7, 11) is -4.29. The topological polar surface area (TPSA) is 102 Å². The van der Waals surface area contributed by atoms with Gasteiger partial charge in [0.1, 0.15) is 35.9 Å². The summed E-state index contributed by atoms with van der Waals surface area (Å²) in [5.74, 6) is 0.586. The molecule has 1 aliphatic rings. The number of phosphoric acid groups is 1. The van der Waals surface area contributed by atoms with Gasteiger partial charge in [-0.05, 0) is 41.0 Å². The van der Waals surface area contributed by atoms with Gasteiger partial charge in [0.25, 0.3) is 0 Å². The lowest BCUT2D eigenvalue weighted by Gasteiger charge is -2.44. The van der Waals surface area contributed by atoms with Crippen LogP contribution >= 0.6 is 7.82 Å². The van der Waals surface area contributed by atoms with Crippen molar-refractivity contribution in [2.75, 3.05) is 6.61 Å². The van der Waals surface area contributed by atoms with Gasteiger partial charge >= 0.3 is 7.82 Å². The Hall–Kier alpha value is -4.31. The summed E-state index contributed by atoms with van der Waals surface area (Å²) in [4.78, 5) is 0. The van der Waals surface area contributed by atoms with Crippen molar-refractivity contribution < 1.29 is 42.2 Å². The Morgan fingerprint density at radius 1 is 0.510 bits per heavy atom. The maximum absolute atomic E-state index is 14.2. The molecule has 5 aromatic rings. The van der Waals surface area contributed by atoms with Gasteiger partial charge in [0.15, 0.2) is 6.29 Å². The first kappa shape index (κ1) is 34.5. The molecule has 1 aliphatic heterocycles. The van der Waals surface area contributed by atoms with Crippen molar-refractivity contribution in [2.24, 2.45) is 0 Å². The van der Waals surface area contributed by atoms with Crippen molar-refractivity contribution in [2.45, 2.75) is 50.5 Å². The molecule has 0 spiro atoms. The number of aliphatic hydroxyl groups excluding tert-OH is 1. The standard InChI is InChI=1S/C39H39O9P/c40-39-38(44-28-32-20-10-3-11-21-32)37(43-27-31-18-8-2-9-19-31)36(42-26-30-16-6-1-7-17-30)35(46-39)29-45-49(41,47-33-22-12-4-13-23-33)48-34-24-14-5-15-25-34/h1-25,35-40H,26-29H2/t35-,36-,37-,38+,39+/m1/s1. The molecule has 1 saturated heterocycles. The molecule has 0 aliphatic carbocycles. The molecule has 0 amide bonds. The molecule has 6 rings (SSSR count). The molecular weight excluding hydrogens is 643 g/mol. The van der Waals surface area contributed by atoms with E-state index in [2.05, 4.69) is 0 Å². The maximum Gasteiger partial charge on any atom is 0.587 e. The lowest BCUT2D eigenvalue weighted by atomic mass is 9.98. The van der Waals surface area contributed by atoms with Crippen LogP contribution in [0.2, 0.25) is 0 Å². The summed E-state index contributed by atoms with van der Waals surface area (Å²) in [6, 6.07) is 46.2. The number of hydrogen-bond acceptors (Lipinski definition) is 9. The van der Waals surface area contributed by atoms with Crippen LogP contribution < -0.4 is 9.05 Å². The third-order valence-electron chi connectivity index (χ3n) is 7.78. The molecule has 1 heterocycles. The van der Waals surface area contributed by atoms with Crippen molar-refractivity contribution in [1.29, 1.82) is 0 Å². The summed E-state index contributed by atoms with van der Waals surface area (Å²) in [6.07, 6.45) is -5.00. The second kappa shape index (κ2) is 17.4. The van der Waals surface area contributed by atoms with E-state index in [-0.39, 0.29) is 26.4 Å². The highest BCUT2D eigenvalue weighted by molar-refractivity contribution is 7.49. The lowest BCUT2D eigenvalue weighted by Crippen LogP contribution is -2.61. The van der Waals surface area contributed by atoms with E-state index in [1.54, 1.807) is 48.5 Å². The predicted octanol–water partition coefficient (Wildman–Crippen LogP) is 7.74. The van der Waals surface area contributed by atoms with Crippen LogP contribution in [0.5, 0.6) is 11.5 Å². The highest BCUT2D eigenvalue weighted by Crippen LogP contribution is 2.50. The van der Waals surface area contributed by atoms with E-state index < -0.39 is 38.5 Å². The molecule has 0 radical (unpaired) electrons. The van der Waals surface area contributed by atoms with Crippen molar-refractivity contribution in [3.05, 3.63) is 168 Å². The van der Waals surface area contributed by atoms with E-state index in [0.29, 0.717) is 11.5 Å². The third-order valence-corrected chi connectivity index (χ3v) is 9.12. The fraction of sp³-hybridized carbons (Fsp3) is 0.231. The molecule has 254 valence electrons. The molecule has 1 fully saturated rings. The predicted molar refractivity (Wildman–Crippen MR) is 184 cm³/mol. The minimum atomic E-state index is -4.29. The highest BCUT2D eigenvalue weighted by atomic mass is 31.2. The van der Waals surface area contributed by atoms with Crippen molar-refractivity contribution in [3.8, 4) is 11.5 Å². The Morgan fingerprint density at radius 2 is 0.878 bits per heavy atom. The number of rotatable bonds is 16. The molecule has 49 heavy (non-hydrogen) atoms. The first-order chi connectivity index (χ1) is 24.0. The van der Waals surface area contributed by atoms with Crippen LogP contribution in [0.25, 0.3) is 0 Å². The molecule has 5 aromatic carbocycles. The summed E-state index contributed by atoms with van der Waals surface area (Å²) < 4.78 is 57.3. The SMILES string of the molecule is O=P(OC[C@H]1O[C@H](O)[C@@H](OCc2ccccc2)[C@H](OCc2ccccc2)[C@@H]1OCc1ccccc1)(Oc1ccccc1)Oc1ccccc1. The zero-order valence-corrected chi connectivity index (χ0v) is 27.7. The van der Waals surface area contributed by atoms with Gasteiger partial charge < -0.3 is 33.1 Å². The molecule has 0 unspecified atom stereocenters. The maximum atomic E-state index is 14.2. The number of phosphoric ester groups is 1. The second-order valence-electron chi connectivity index (χ2n) is 11.4. The number of benzene rings is 5. The zero-order valence-electron chi connectivity index (χ0n) is 26.8. The quantitative estimate of drug-likeness (QED) is 0.105. The van der Waals surface area contributed by atoms with Crippen LogP contribution in [0.1, 0.15) is 16.7 Å². The van der Waals surface area contributed by atoms with Crippen LogP contribution in [0.3, 0.4) is 0 Å². The van der Waals surface area contributed by atoms with E-state index in [1.165, 1.54) is 0 Å². The van der Waals surface area contributed by atoms with Gasteiger partial charge in [0, 0.05) is 0 Å². The van der Waals surface area contributed by atoms with Gasteiger partial charge in [0.2, 0.25) is 0 Å². The summed E-state index contributed by atoms with van der Waals surface area (Å²) in [6.45, 7) is 0.296. The zero-order chi connectivity index (χ0) is 33.7. The second-order valence-corrected chi connectivity index (χ2v) is 12.9. The number of hydrogen-bond donors (Lipinski definition) is 1. The first-order valence-corrected chi connectivity index (χ1v) is 17.5. The first-order valence-electron chi connectivity index (χ1n) is 16.1. The Kier molecular flexibility index (Phi) is 12.3. The molecule has 0 saturated carbocycles. The average Bonchev–Trinajstić information content (AvgIpc) is 3.14. The average molecular weight is 683 g/mol. The monoisotopic (exact) mass is 682 g/mol. The van der Waals surface area contributed by atoms with Gasteiger partial charge in [-0.15, -0.1) is 0 Å². The van der Waals surface area contributed by atoms with E-state index in [0.717, 1.165) is 16.7 Å². The van der Waals surface area contributed by atoms with Crippen molar-refractivity contribution in [1.82, 2.24) is 0 Å². The Bertz CT molecular complexity index is 1670. The lowest BCUT2D eigenvalue weighted by molar-refractivity contribution is -0.314. The fourth-order valence-electron chi connectivity index (χ4n) is 5.35. The Balaban J connectivity index is 1.28. The van der Waals surface area contributed by atoms with Crippen LogP contribution in [0, 0.1) is 0 Å². The number of para-hydroxylation sites is 2. The fourth-order valence-corrected chi connectivity index (χ4v) is 6.59. The van der Waals surface area contributed by atoms with E-state index in [1.807, 2.05) is 103 Å². The highest BCUT2D eigenvalue weighted by Gasteiger charge is 2.49. The van der Waals surface area contributed by atoms with Gasteiger partial charge in [-0.3, -0.25) is 4.52 Å². The van der Waals surface area contributed by atoms with Crippen molar-refractivity contribution >= 4 is 7.82 Å². The molecule has 1 N–H and O–H groups in total. The molecule has 0 aromatic heterocycles. The van der Waals surface area contributed by atoms with Crippen molar-refractivity contribution in [3.63, 3.8) is 0 Å². The smallest absolute Gasteiger partial charge is 0.395 e. The summed E-state index contributed by atoms with van der Waals surface area (Å²) in [5, 5.41) is 11.4. The van der Waals surface area contributed by atoms with E-state index in [4.69, 9.17) is 32.5 Å². The van der Waals surface area contributed by atoms with E-state index in [9.17, 15) is 9.67 Å². The summed E-state index contributed by atoms with van der Waals surface area (Å²) >= 11 is 0. The van der Waals surface area contributed by atoms with Crippen LogP contribution in [0.4, 0.5) is 0 Å². The summed E-state index contributed by atoms with van der Waals surface area (Å²) in [5.41, 5.74) is 2.76. The molecule has 5 atom stereocenters. The van der Waals surface area contributed by atoms with Gasteiger partial charge in [-0.25, -0.2) is 4.57 Å². The number of aliphatic hydroxyl groups is 1. The van der Waals surface area contributed by atoms with Gasteiger partial charge in [-0.2, -0.15) is 0 Å².